The van der Waals surface area contributed by atoms with Gasteiger partial charge in [0.05, 0.1) is 24.5 Å². The third kappa shape index (κ3) is 7.46. The van der Waals surface area contributed by atoms with Gasteiger partial charge in [-0.05, 0) is 87.2 Å². The number of aromatic nitrogens is 1. The summed E-state index contributed by atoms with van der Waals surface area (Å²) in [6.45, 7) is 5.96. The number of piperidine rings is 1. The number of nitrogens with one attached hydrogen (secondary N) is 2. The molecule has 8 nitrogen and oxygen atoms in total. The average molecular weight is 571 g/mol. The SMILES string of the molecule is CCC1=C(C(=O)NC2C=CC(CN3CCCCC3)=NC2)C2=CC(c3cncc(NC(=O)N(C)C)c3)=CCC2CCCC1. The number of fused-ring (bicyclic) bond motifs is 1. The van der Waals surface area contributed by atoms with Crippen molar-refractivity contribution in [3.8, 4) is 0 Å². The lowest BCUT2D eigenvalue weighted by molar-refractivity contribution is -0.117. The highest BCUT2D eigenvalue weighted by Gasteiger charge is 2.30. The van der Waals surface area contributed by atoms with Crippen molar-refractivity contribution in [3.63, 3.8) is 0 Å². The number of carbonyl (C=O) groups excluding carboxylic acids is 2. The minimum Gasteiger partial charge on any atom is -0.344 e. The summed E-state index contributed by atoms with van der Waals surface area (Å²) < 4.78 is 0. The monoisotopic (exact) mass is 570 g/mol. The van der Waals surface area contributed by atoms with E-state index >= 15 is 0 Å². The van der Waals surface area contributed by atoms with Crippen LogP contribution in [-0.4, -0.2) is 78.7 Å². The number of likely N-dealkylation sites (tertiary alicyclic amines) is 1. The van der Waals surface area contributed by atoms with Crippen molar-refractivity contribution in [1.82, 2.24) is 20.1 Å². The Bertz CT molecular complexity index is 1310. The van der Waals surface area contributed by atoms with E-state index in [0.717, 1.165) is 86.2 Å². The number of amides is 3. The van der Waals surface area contributed by atoms with Crippen molar-refractivity contribution >= 4 is 28.9 Å². The molecule has 1 fully saturated rings. The Labute approximate surface area is 250 Å². The van der Waals surface area contributed by atoms with Crippen LogP contribution in [0.25, 0.3) is 5.57 Å². The summed E-state index contributed by atoms with van der Waals surface area (Å²) in [6, 6.07) is 1.66. The van der Waals surface area contributed by atoms with Crippen molar-refractivity contribution in [2.45, 2.75) is 70.8 Å². The van der Waals surface area contributed by atoms with E-state index in [4.69, 9.17) is 4.99 Å². The van der Waals surface area contributed by atoms with E-state index in [1.54, 1.807) is 20.3 Å². The van der Waals surface area contributed by atoms with Crippen LogP contribution in [0.15, 0.2) is 64.5 Å². The predicted octanol–water partition coefficient (Wildman–Crippen LogP) is 5.77. The van der Waals surface area contributed by atoms with Gasteiger partial charge in [0, 0.05) is 43.7 Å². The lowest BCUT2D eigenvalue weighted by Crippen LogP contribution is -2.40. The molecule has 3 heterocycles. The topological polar surface area (TPSA) is 89.9 Å². The van der Waals surface area contributed by atoms with E-state index in [1.807, 2.05) is 12.3 Å². The highest BCUT2D eigenvalue weighted by Crippen LogP contribution is 2.40. The van der Waals surface area contributed by atoms with Crippen LogP contribution >= 0.6 is 0 Å². The second kappa shape index (κ2) is 14.1. The zero-order valence-corrected chi connectivity index (χ0v) is 25.5. The molecule has 2 atom stereocenters. The van der Waals surface area contributed by atoms with Gasteiger partial charge in [0.15, 0.2) is 0 Å². The van der Waals surface area contributed by atoms with Crippen LogP contribution in [0.4, 0.5) is 10.5 Å². The molecule has 0 radical (unpaired) electrons. The fourth-order valence-corrected chi connectivity index (χ4v) is 6.44. The van der Waals surface area contributed by atoms with E-state index in [0.29, 0.717) is 18.2 Å². The number of aliphatic imine (C=N–C) groups is 1. The maximum absolute atomic E-state index is 14.1. The van der Waals surface area contributed by atoms with Gasteiger partial charge < -0.3 is 15.5 Å². The fourth-order valence-electron chi connectivity index (χ4n) is 6.44. The van der Waals surface area contributed by atoms with Gasteiger partial charge in [0.1, 0.15) is 0 Å². The molecule has 3 amide bonds. The number of hydrogen-bond acceptors (Lipinski definition) is 5. The molecule has 2 N–H and O–H groups in total. The molecule has 4 aliphatic rings. The van der Waals surface area contributed by atoms with Gasteiger partial charge in [-0.2, -0.15) is 0 Å². The van der Waals surface area contributed by atoms with Crippen LogP contribution < -0.4 is 10.6 Å². The number of pyridine rings is 1. The van der Waals surface area contributed by atoms with Crippen molar-refractivity contribution in [2.24, 2.45) is 10.9 Å². The van der Waals surface area contributed by atoms with Crippen molar-refractivity contribution in [1.29, 1.82) is 0 Å². The molecule has 2 aliphatic heterocycles. The Balaban J connectivity index is 1.35. The lowest BCUT2D eigenvalue weighted by Gasteiger charge is -2.31. The Kier molecular flexibility index (Phi) is 10.1. The van der Waals surface area contributed by atoms with E-state index in [2.05, 4.69) is 51.7 Å². The largest absolute Gasteiger partial charge is 0.344 e. The smallest absolute Gasteiger partial charge is 0.321 e. The molecule has 224 valence electrons. The molecule has 0 saturated carbocycles. The first kappa shape index (κ1) is 30.0. The summed E-state index contributed by atoms with van der Waals surface area (Å²) in [5, 5.41) is 6.22. The second-order valence-corrected chi connectivity index (χ2v) is 12.2. The van der Waals surface area contributed by atoms with Crippen molar-refractivity contribution in [2.75, 3.05) is 45.6 Å². The summed E-state index contributed by atoms with van der Waals surface area (Å²) in [4.78, 5) is 39.5. The average Bonchev–Trinajstić information content (AvgIpc) is 2.99. The molecule has 1 saturated heterocycles. The molecule has 8 heteroatoms. The van der Waals surface area contributed by atoms with Gasteiger partial charge in [-0.3, -0.25) is 19.7 Å². The highest BCUT2D eigenvalue weighted by molar-refractivity contribution is 6.01. The first-order valence-corrected chi connectivity index (χ1v) is 15.7. The molecule has 1 aromatic heterocycles. The molecule has 2 aliphatic carbocycles. The van der Waals surface area contributed by atoms with Crippen LogP contribution in [0, 0.1) is 5.92 Å². The molecular weight excluding hydrogens is 524 g/mol. The summed E-state index contributed by atoms with van der Waals surface area (Å²) in [6.07, 6.45) is 22.1. The maximum Gasteiger partial charge on any atom is 0.321 e. The van der Waals surface area contributed by atoms with Gasteiger partial charge in [-0.1, -0.05) is 43.6 Å². The minimum atomic E-state index is -0.195. The zero-order valence-electron chi connectivity index (χ0n) is 25.5. The molecule has 1 aromatic rings. The van der Waals surface area contributed by atoms with Crippen LogP contribution in [-0.2, 0) is 4.79 Å². The quantitative estimate of drug-likeness (QED) is 0.436. The normalized spacial score (nSPS) is 23.1. The molecule has 5 rings (SSSR count). The first-order valence-electron chi connectivity index (χ1n) is 15.7. The van der Waals surface area contributed by atoms with Gasteiger partial charge in [-0.15, -0.1) is 0 Å². The van der Waals surface area contributed by atoms with Crippen LogP contribution in [0.1, 0.15) is 70.3 Å². The van der Waals surface area contributed by atoms with Crippen LogP contribution in [0.3, 0.4) is 0 Å². The number of nitrogens with zero attached hydrogens (tertiary/aromatic N) is 4. The first-order chi connectivity index (χ1) is 20.4. The van der Waals surface area contributed by atoms with Crippen LogP contribution in [0.2, 0.25) is 0 Å². The molecular formula is C34H46N6O2. The van der Waals surface area contributed by atoms with E-state index < -0.39 is 0 Å². The highest BCUT2D eigenvalue weighted by atomic mass is 16.2. The lowest BCUT2D eigenvalue weighted by atomic mass is 9.76. The second-order valence-electron chi connectivity index (χ2n) is 12.2. The molecule has 42 heavy (non-hydrogen) atoms. The standard InChI is InChI=1S/C34H46N6O2/c1-4-24-10-6-7-11-25-12-13-26(27-18-30(21-35-20-27)38-34(42)39(2)3)19-31(25)32(24)33(41)37-28-14-15-29(36-22-28)23-40-16-8-5-9-17-40/h13-15,18-21,25,28H,4-12,16-17,22-23H2,1-3H3,(H,37,41)(H,38,42). The van der Waals surface area contributed by atoms with E-state index in [1.165, 1.54) is 29.7 Å². The number of allylic oxidation sites excluding steroid dienone is 4. The van der Waals surface area contributed by atoms with Crippen LogP contribution in [0.5, 0.6) is 0 Å². The number of rotatable bonds is 7. The number of urea groups is 1. The van der Waals surface area contributed by atoms with Crippen molar-refractivity contribution < 1.29 is 9.59 Å². The number of hydrogen-bond donors (Lipinski definition) is 2. The predicted molar refractivity (Wildman–Crippen MR) is 171 cm³/mol. The third-order valence-corrected chi connectivity index (χ3v) is 8.84. The zero-order chi connectivity index (χ0) is 29.5. The number of anilines is 1. The van der Waals surface area contributed by atoms with Gasteiger partial charge in [-0.25, -0.2) is 4.79 Å². The van der Waals surface area contributed by atoms with Gasteiger partial charge in [0.25, 0.3) is 5.91 Å². The molecule has 2 unspecified atom stereocenters. The fraction of sp³-hybridized carbons (Fsp3) is 0.529. The Hall–Kier alpha value is -3.52. The summed E-state index contributed by atoms with van der Waals surface area (Å²) >= 11 is 0. The molecule has 0 spiro atoms. The van der Waals surface area contributed by atoms with Crippen molar-refractivity contribution in [3.05, 3.63) is 65.0 Å². The van der Waals surface area contributed by atoms with Gasteiger partial charge >= 0.3 is 6.03 Å². The maximum atomic E-state index is 14.1. The van der Waals surface area contributed by atoms with E-state index in [9.17, 15) is 9.59 Å². The minimum absolute atomic E-state index is 0.0145. The van der Waals surface area contributed by atoms with Gasteiger partial charge in [0.2, 0.25) is 0 Å². The number of carbonyl (C=O) groups is 2. The molecule has 0 bridgehead atoms. The Morgan fingerprint density at radius 2 is 1.93 bits per heavy atom. The summed E-state index contributed by atoms with van der Waals surface area (Å²) in [7, 11) is 3.42. The Morgan fingerprint density at radius 1 is 1.10 bits per heavy atom. The summed E-state index contributed by atoms with van der Waals surface area (Å²) in [5.41, 5.74) is 6.99. The molecule has 0 aromatic carbocycles. The summed E-state index contributed by atoms with van der Waals surface area (Å²) in [5.74, 6) is 0.331. The number of dihydropyridines is 1. The van der Waals surface area contributed by atoms with E-state index in [-0.39, 0.29) is 18.0 Å². The third-order valence-electron chi connectivity index (χ3n) is 8.84. The Morgan fingerprint density at radius 3 is 2.67 bits per heavy atom.